The molecular formula is C134H85BBr2N12. The maximum atomic E-state index is 4.97. The second-order valence-corrected chi connectivity index (χ2v) is 40.5. The monoisotopic (exact) mass is 2030 g/mol. The molecule has 15 heteroatoms. The molecule has 2 aliphatic heterocycles. The van der Waals surface area contributed by atoms with E-state index in [0.717, 1.165) is 106 Å². The molecular weight excluding hydrogens is 1950 g/mol. The first-order valence-corrected chi connectivity index (χ1v) is 52.2. The van der Waals surface area contributed by atoms with Crippen molar-refractivity contribution in [3.05, 3.63) is 524 Å². The van der Waals surface area contributed by atoms with Gasteiger partial charge >= 0.3 is 0 Å². The van der Waals surface area contributed by atoms with E-state index >= 15 is 0 Å². The molecule has 12 aromatic heterocycles. The molecule has 1 aliphatic carbocycles. The summed E-state index contributed by atoms with van der Waals surface area (Å²) in [5.74, 6) is 0. The van der Waals surface area contributed by atoms with Crippen molar-refractivity contribution in [2.75, 3.05) is 0 Å². The molecule has 0 spiro atoms. The summed E-state index contributed by atoms with van der Waals surface area (Å²) in [6.45, 7) is 0.0334. The maximum Gasteiger partial charge on any atom is 0.252 e. The summed E-state index contributed by atoms with van der Waals surface area (Å²) >= 11 is 6.90. The molecule has 149 heavy (non-hydrogen) atoms. The summed E-state index contributed by atoms with van der Waals surface area (Å²) in [5, 5.41) is 16.4. The minimum absolute atomic E-state index is 0.0334. The summed E-state index contributed by atoms with van der Waals surface area (Å²) in [4.78, 5) is 14.2. The Morgan fingerprint density at radius 3 is 0.859 bits per heavy atom. The van der Waals surface area contributed by atoms with Crippen molar-refractivity contribution in [2.45, 2.75) is 6.42 Å². The normalized spacial score (nSPS) is 12.2. The summed E-state index contributed by atoms with van der Waals surface area (Å²) in [6.07, 6.45) is 6.60. The lowest BCUT2D eigenvalue weighted by Crippen LogP contribution is -2.59. The first kappa shape index (κ1) is 85.9. The summed E-state index contributed by atoms with van der Waals surface area (Å²) in [6, 6.07) is 175. The van der Waals surface area contributed by atoms with Crippen LogP contribution in [-0.4, -0.2) is 62.8 Å². The molecule has 0 saturated carbocycles. The van der Waals surface area contributed by atoms with Crippen molar-refractivity contribution in [2.24, 2.45) is 0 Å². The predicted octanol–water partition coefficient (Wildman–Crippen LogP) is 32.3. The lowest BCUT2D eigenvalue weighted by atomic mass is 9.34. The molecule has 698 valence electrons. The highest BCUT2D eigenvalue weighted by Crippen LogP contribution is 2.51. The molecule has 0 bridgehead atoms. The van der Waals surface area contributed by atoms with Crippen molar-refractivity contribution < 1.29 is 0 Å². The third kappa shape index (κ3) is 13.3. The van der Waals surface area contributed by atoms with Gasteiger partial charge in [0.05, 0.1) is 78.1 Å². The van der Waals surface area contributed by atoms with Crippen LogP contribution in [0.2, 0.25) is 0 Å². The molecule has 0 radical (unpaired) electrons. The number of para-hydroxylation sites is 14. The molecule has 33 rings (SSSR count). The first-order chi connectivity index (χ1) is 73.9. The Morgan fingerprint density at radius 1 is 0.215 bits per heavy atom. The molecule has 0 saturated heterocycles. The van der Waals surface area contributed by atoms with Crippen LogP contribution < -0.4 is 16.4 Å². The van der Waals surface area contributed by atoms with E-state index in [0.29, 0.717) is 0 Å². The third-order valence-corrected chi connectivity index (χ3v) is 31.5. The number of hydrogen-bond acceptors (Lipinski definition) is 3. The van der Waals surface area contributed by atoms with Crippen molar-refractivity contribution >= 4 is 197 Å². The smallest absolute Gasteiger partial charge is 0.252 e. The fraction of sp³-hybridized carbons (Fsp3) is 0.00746. The van der Waals surface area contributed by atoms with E-state index in [1.165, 1.54) is 176 Å². The molecule has 14 heterocycles. The Bertz CT molecular complexity index is 10200. The van der Waals surface area contributed by atoms with Gasteiger partial charge in [-0.25, -0.2) is 0 Å². The molecule has 18 aromatic carbocycles. The van der Waals surface area contributed by atoms with Crippen LogP contribution in [0.1, 0.15) is 11.3 Å². The van der Waals surface area contributed by atoms with E-state index in [-0.39, 0.29) is 6.71 Å². The van der Waals surface area contributed by atoms with Gasteiger partial charge in [0.1, 0.15) is 22.6 Å². The third-order valence-electron chi connectivity index (χ3n) is 30.6. The minimum Gasteiger partial charge on any atom is -0.313 e. The van der Waals surface area contributed by atoms with Crippen LogP contribution in [0.5, 0.6) is 0 Å². The van der Waals surface area contributed by atoms with Crippen LogP contribution in [0, 0.1) is 0 Å². The molecule has 0 amide bonds. The number of nitrogens with zero attached hydrogens (tertiary/aromatic N) is 12. The standard InChI is InChI=1S/C51H30BN5.C51H33N5.C21H15N.C11H7Br2N/c1-3-15-32(16-4-1)54-41-26-9-7-19-34(41)45-36-21-13-23-38-48(36)56(50(45)54)43-29-31(40-25-11-12-28-53-40)30-44-47(43)52(38)39-24-14-22-37-46-35-20-8-10-27-42(35)55(33-17-5-2-6-18-33)51(46)57(44)49(37)39;1-3-17-35(18-4-1)53-44-26-11-7-21-39(44)48-41-23-9-13-28-46(41)55(50(48)53)37-31-34(43-25-15-16-30-52-43)32-38(33-37)56-47-29-14-10-24-42(47)49-40-22-8-12-27-45(40)54(51(49)56)36-19-5-2-6-20-36;1-2-9-16(10-3-1)22-19-13-7-6-12-18(19)21-17-11-5-4-8-15(17)14-20(21)22;12-9-5-8(6-10(13)7-9)11-3-1-2-4-14-11/h1-30H;1-33H;1-13H,14H2;1-7H. The highest BCUT2D eigenvalue weighted by Gasteiger charge is 2.44. The van der Waals surface area contributed by atoms with E-state index < -0.39 is 0 Å². The summed E-state index contributed by atoms with van der Waals surface area (Å²) in [5.41, 5.74) is 41.6. The number of aromatic nitrogens is 12. The molecule has 0 fully saturated rings. The zero-order valence-corrected chi connectivity index (χ0v) is 83.5. The largest absolute Gasteiger partial charge is 0.313 e. The minimum atomic E-state index is 0.0334. The van der Waals surface area contributed by atoms with Gasteiger partial charge in [-0.1, -0.05) is 329 Å². The summed E-state index contributed by atoms with van der Waals surface area (Å²) in [7, 11) is 0. The van der Waals surface area contributed by atoms with Crippen molar-refractivity contribution in [3.63, 3.8) is 0 Å². The average Bonchev–Trinajstić information content (AvgIpc) is 1.50. The van der Waals surface area contributed by atoms with Crippen LogP contribution in [0.15, 0.2) is 513 Å². The quantitative estimate of drug-likeness (QED) is 0.128. The zero-order chi connectivity index (χ0) is 98.2. The highest BCUT2D eigenvalue weighted by molar-refractivity contribution is 9.11. The van der Waals surface area contributed by atoms with Crippen molar-refractivity contribution in [1.82, 2.24) is 56.1 Å². The fourth-order valence-corrected chi connectivity index (χ4v) is 26.1. The van der Waals surface area contributed by atoms with Gasteiger partial charge in [-0.2, -0.15) is 0 Å². The van der Waals surface area contributed by atoms with E-state index in [1.807, 2.05) is 60.9 Å². The SMILES string of the molecule is Brc1cc(Br)cc(-c2ccccn2)c1.c1ccc(-n2c3c(c4ccccc42)-c2ccccc2C3)cc1.c1ccc(-n2c3ccccc3c3c4cccc5c4n(c32)-c2cc(-c3ccccn3)cc3c2B5c2cccc4c5c6ccccc6n(-c6ccccc6)c5n-3c24)cc1.c1ccc(-n2c3ccccc3c3c4ccccc4n(-c4cc(-c5ccccn5)cc(-n5c6ccccc6c6c7ccccc7n(-c7ccccc7)c65)c4)c32)cc1. The Morgan fingerprint density at radius 2 is 0.497 bits per heavy atom. The van der Waals surface area contributed by atoms with Gasteiger partial charge in [-0.3, -0.25) is 51.5 Å². The Kier molecular flexibility index (Phi) is 19.9. The summed E-state index contributed by atoms with van der Waals surface area (Å²) < 4.78 is 24.4. The van der Waals surface area contributed by atoms with E-state index in [1.54, 1.807) is 6.20 Å². The fourth-order valence-electron chi connectivity index (χ4n) is 24.8. The molecule has 3 aliphatic rings. The van der Waals surface area contributed by atoms with Gasteiger partial charge in [0.25, 0.3) is 6.71 Å². The number of fused-ring (bicyclic) bond motifs is 29. The van der Waals surface area contributed by atoms with Crippen LogP contribution in [0.4, 0.5) is 0 Å². The van der Waals surface area contributed by atoms with Gasteiger partial charge in [-0.15, -0.1) is 0 Å². The van der Waals surface area contributed by atoms with E-state index in [9.17, 15) is 0 Å². The number of halogens is 2. The van der Waals surface area contributed by atoms with Crippen LogP contribution >= 0.6 is 31.9 Å². The zero-order valence-electron chi connectivity index (χ0n) is 80.3. The number of rotatable bonds is 10. The predicted molar refractivity (Wildman–Crippen MR) is 625 cm³/mol. The van der Waals surface area contributed by atoms with Crippen LogP contribution in [-0.2, 0) is 6.42 Å². The van der Waals surface area contributed by atoms with Crippen molar-refractivity contribution in [3.8, 4) is 96.1 Å². The van der Waals surface area contributed by atoms with Gasteiger partial charge in [0.2, 0.25) is 0 Å². The lowest BCUT2D eigenvalue weighted by molar-refractivity contribution is 1.01. The highest BCUT2D eigenvalue weighted by atomic mass is 79.9. The molecule has 0 atom stereocenters. The first-order valence-electron chi connectivity index (χ1n) is 50.6. The Labute approximate surface area is 873 Å². The average molecular weight is 2030 g/mol. The topological polar surface area (TPSA) is 83.0 Å². The van der Waals surface area contributed by atoms with Crippen LogP contribution in [0.3, 0.4) is 0 Å². The van der Waals surface area contributed by atoms with E-state index in [2.05, 4.69) is 515 Å². The van der Waals surface area contributed by atoms with Crippen molar-refractivity contribution in [1.29, 1.82) is 0 Å². The van der Waals surface area contributed by atoms with Gasteiger partial charge in [-0.05, 0) is 216 Å². The lowest BCUT2D eigenvalue weighted by Gasteiger charge is -2.34. The maximum absolute atomic E-state index is 4.97. The Balaban J connectivity index is 0.000000103. The van der Waals surface area contributed by atoms with Crippen LogP contribution in [0.25, 0.3) is 238 Å². The number of benzene rings is 18. The molecule has 30 aromatic rings. The number of pyridine rings is 3. The second-order valence-electron chi connectivity index (χ2n) is 38.7. The molecule has 12 nitrogen and oxygen atoms in total. The van der Waals surface area contributed by atoms with Gasteiger partial charge in [0.15, 0.2) is 0 Å². The van der Waals surface area contributed by atoms with E-state index in [4.69, 9.17) is 9.97 Å². The van der Waals surface area contributed by atoms with Gasteiger partial charge in [0, 0.05) is 172 Å². The molecule has 0 unspecified atom stereocenters. The molecule has 0 N–H and O–H groups in total. The Hall–Kier alpha value is -18.7. The number of hydrogen-bond donors (Lipinski definition) is 0. The van der Waals surface area contributed by atoms with Gasteiger partial charge < -0.3 is 4.57 Å². The second kappa shape index (κ2) is 34.5.